The number of benzene rings is 1. The molecular weight excluding hydrogens is 285 g/mol. The molecule has 116 valence electrons. The van der Waals surface area contributed by atoms with Crippen LogP contribution in [0.25, 0.3) is 0 Å². The normalized spacial score (nSPS) is 13.0. The van der Waals surface area contributed by atoms with Gasteiger partial charge in [0.05, 0.1) is 5.56 Å². The monoisotopic (exact) mass is 302 g/mol. The van der Waals surface area contributed by atoms with Crippen molar-refractivity contribution in [1.82, 2.24) is 5.32 Å². The van der Waals surface area contributed by atoms with E-state index in [4.69, 9.17) is 5.73 Å². The zero-order chi connectivity index (χ0) is 16.2. The molecule has 0 saturated heterocycles. The van der Waals surface area contributed by atoms with Gasteiger partial charge in [0.15, 0.2) is 0 Å². The lowest BCUT2D eigenvalue weighted by Gasteiger charge is -2.17. The summed E-state index contributed by atoms with van der Waals surface area (Å²) in [5.41, 5.74) is 4.65. The minimum absolute atomic E-state index is 0.0856. The van der Waals surface area contributed by atoms with Gasteiger partial charge in [0.1, 0.15) is 6.04 Å². The van der Waals surface area contributed by atoms with E-state index in [0.717, 1.165) is 12.1 Å². The van der Waals surface area contributed by atoms with Crippen LogP contribution in [0.15, 0.2) is 24.3 Å². The topological polar surface area (TPSA) is 72.2 Å². The van der Waals surface area contributed by atoms with Gasteiger partial charge in [0, 0.05) is 12.3 Å². The molecule has 1 atom stereocenters. The van der Waals surface area contributed by atoms with E-state index in [1.54, 1.807) is 13.8 Å². The van der Waals surface area contributed by atoms with Crippen molar-refractivity contribution in [3.8, 4) is 0 Å². The summed E-state index contributed by atoms with van der Waals surface area (Å²) in [4.78, 5) is 22.9. The molecule has 1 rings (SSSR count). The average Bonchev–Trinajstić information content (AvgIpc) is 2.36. The lowest BCUT2D eigenvalue weighted by Crippen LogP contribution is -2.47. The summed E-state index contributed by atoms with van der Waals surface area (Å²) >= 11 is 0. The van der Waals surface area contributed by atoms with Crippen molar-refractivity contribution in [1.29, 1.82) is 0 Å². The maximum atomic E-state index is 12.6. The summed E-state index contributed by atoms with van der Waals surface area (Å²) in [7, 11) is 0. The fraction of sp³-hybridized carbons (Fsp3) is 0.429. The fourth-order valence-corrected chi connectivity index (χ4v) is 1.67. The van der Waals surface area contributed by atoms with Gasteiger partial charge in [-0.3, -0.25) is 9.59 Å². The van der Waals surface area contributed by atoms with Gasteiger partial charge >= 0.3 is 6.18 Å². The number of hydrogen-bond acceptors (Lipinski definition) is 2. The summed E-state index contributed by atoms with van der Waals surface area (Å²) in [6, 6.07) is 3.54. The summed E-state index contributed by atoms with van der Waals surface area (Å²) < 4.78 is 37.9. The van der Waals surface area contributed by atoms with Gasteiger partial charge in [-0.05, 0) is 11.6 Å². The highest BCUT2D eigenvalue weighted by Gasteiger charge is 2.30. The van der Waals surface area contributed by atoms with E-state index in [1.165, 1.54) is 12.1 Å². The largest absolute Gasteiger partial charge is 0.416 e. The van der Waals surface area contributed by atoms with Crippen LogP contribution in [0, 0.1) is 5.92 Å². The molecule has 0 heterocycles. The van der Waals surface area contributed by atoms with Crippen molar-refractivity contribution in [2.24, 2.45) is 11.7 Å². The predicted octanol–water partition coefficient (Wildman–Crippen LogP) is 1.87. The Morgan fingerprint density at radius 2 is 1.90 bits per heavy atom. The van der Waals surface area contributed by atoms with Crippen molar-refractivity contribution in [2.75, 3.05) is 0 Å². The zero-order valence-corrected chi connectivity index (χ0v) is 11.7. The van der Waals surface area contributed by atoms with Gasteiger partial charge in [-0.2, -0.15) is 13.2 Å². The lowest BCUT2D eigenvalue weighted by atomic mass is 10.0. The van der Waals surface area contributed by atoms with Crippen LogP contribution in [0.4, 0.5) is 13.2 Å². The number of carbonyl (C=O) groups excluding carboxylic acids is 2. The Morgan fingerprint density at radius 1 is 1.29 bits per heavy atom. The van der Waals surface area contributed by atoms with Gasteiger partial charge in [0.2, 0.25) is 11.8 Å². The van der Waals surface area contributed by atoms with E-state index in [-0.39, 0.29) is 23.8 Å². The molecule has 0 bridgehead atoms. The highest BCUT2D eigenvalue weighted by atomic mass is 19.4. The lowest BCUT2D eigenvalue weighted by molar-refractivity contribution is -0.137. The van der Waals surface area contributed by atoms with E-state index in [2.05, 4.69) is 5.32 Å². The van der Waals surface area contributed by atoms with Crippen molar-refractivity contribution < 1.29 is 22.8 Å². The molecule has 4 nitrogen and oxygen atoms in total. The van der Waals surface area contributed by atoms with Crippen molar-refractivity contribution in [3.63, 3.8) is 0 Å². The van der Waals surface area contributed by atoms with Gasteiger partial charge in [-0.15, -0.1) is 0 Å². The molecule has 0 aliphatic heterocycles. The fourth-order valence-electron chi connectivity index (χ4n) is 1.67. The third-order valence-electron chi connectivity index (χ3n) is 2.88. The molecule has 3 N–H and O–H groups in total. The predicted molar refractivity (Wildman–Crippen MR) is 71.1 cm³/mol. The second-order valence-electron chi connectivity index (χ2n) is 5.02. The van der Waals surface area contributed by atoms with Crippen LogP contribution in [0.3, 0.4) is 0 Å². The molecular formula is C14H17F3N2O2. The summed E-state index contributed by atoms with van der Waals surface area (Å²) in [5, 5.41) is 2.43. The molecule has 0 aromatic heterocycles. The molecule has 0 saturated carbocycles. The van der Waals surface area contributed by atoms with Crippen molar-refractivity contribution in [3.05, 3.63) is 35.4 Å². The Hall–Kier alpha value is -2.05. The number of primary amides is 1. The molecule has 0 fully saturated rings. The third-order valence-corrected chi connectivity index (χ3v) is 2.88. The van der Waals surface area contributed by atoms with E-state index >= 15 is 0 Å². The highest BCUT2D eigenvalue weighted by Crippen LogP contribution is 2.29. The molecule has 0 aliphatic rings. The maximum Gasteiger partial charge on any atom is 0.416 e. The summed E-state index contributed by atoms with van der Waals surface area (Å²) in [5.74, 6) is -1.53. The minimum atomic E-state index is -4.46. The average molecular weight is 302 g/mol. The minimum Gasteiger partial charge on any atom is -0.368 e. The van der Waals surface area contributed by atoms with Gasteiger partial charge < -0.3 is 11.1 Å². The number of halogens is 3. The van der Waals surface area contributed by atoms with E-state index in [0.29, 0.717) is 0 Å². The van der Waals surface area contributed by atoms with Crippen LogP contribution in [-0.2, 0) is 22.2 Å². The van der Waals surface area contributed by atoms with Crippen LogP contribution in [0.5, 0.6) is 0 Å². The van der Waals surface area contributed by atoms with Gasteiger partial charge in [-0.25, -0.2) is 0 Å². The van der Waals surface area contributed by atoms with Gasteiger partial charge in [-0.1, -0.05) is 32.0 Å². The Morgan fingerprint density at radius 3 is 2.38 bits per heavy atom. The van der Waals surface area contributed by atoms with E-state index in [9.17, 15) is 22.8 Å². The first-order valence-corrected chi connectivity index (χ1v) is 6.37. The molecule has 2 amide bonds. The summed E-state index contributed by atoms with van der Waals surface area (Å²) in [6.45, 7) is 3.27. The molecule has 0 radical (unpaired) electrons. The number of amides is 2. The number of alkyl halides is 3. The molecule has 0 aliphatic carbocycles. The number of rotatable bonds is 5. The quantitative estimate of drug-likeness (QED) is 0.871. The molecule has 7 heteroatoms. The summed E-state index contributed by atoms with van der Waals surface area (Å²) in [6.07, 6.45) is -4.54. The van der Waals surface area contributed by atoms with Crippen LogP contribution < -0.4 is 11.1 Å². The second kappa shape index (κ2) is 6.60. The Kier molecular flexibility index (Phi) is 5.34. The first kappa shape index (κ1) is 17.0. The standard InChI is InChI=1S/C14H17F3N2O2/c1-8(2)13(21)19-11(12(18)20)7-9-4-3-5-10(6-9)14(15,16)17/h3-6,8,11H,7H2,1-2H3,(H2,18,20)(H,19,21)/t11-/m1/s1. The molecule has 1 aromatic rings. The number of carbonyl (C=O) groups is 2. The second-order valence-corrected chi connectivity index (χ2v) is 5.02. The van der Waals surface area contributed by atoms with Gasteiger partial charge in [0.25, 0.3) is 0 Å². The zero-order valence-electron chi connectivity index (χ0n) is 11.7. The Balaban J connectivity index is 2.90. The smallest absolute Gasteiger partial charge is 0.368 e. The molecule has 0 unspecified atom stereocenters. The van der Waals surface area contributed by atoms with Crippen LogP contribution in [0.1, 0.15) is 25.0 Å². The highest BCUT2D eigenvalue weighted by molar-refractivity contribution is 5.87. The van der Waals surface area contributed by atoms with Crippen LogP contribution in [0.2, 0.25) is 0 Å². The third kappa shape index (κ3) is 5.09. The first-order valence-electron chi connectivity index (χ1n) is 6.37. The van der Waals surface area contributed by atoms with Crippen molar-refractivity contribution in [2.45, 2.75) is 32.5 Å². The Bertz CT molecular complexity index is 527. The number of nitrogens with one attached hydrogen (secondary N) is 1. The van der Waals surface area contributed by atoms with E-state index < -0.39 is 23.7 Å². The first-order chi connectivity index (χ1) is 9.61. The Labute approximate surface area is 120 Å². The number of nitrogens with two attached hydrogens (primary N) is 1. The number of hydrogen-bond donors (Lipinski definition) is 2. The molecule has 1 aromatic carbocycles. The molecule has 0 spiro atoms. The maximum absolute atomic E-state index is 12.6. The van der Waals surface area contributed by atoms with Crippen LogP contribution >= 0.6 is 0 Å². The van der Waals surface area contributed by atoms with E-state index in [1.807, 2.05) is 0 Å². The van der Waals surface area contributed by atoms with Crippen molar-refractivity contribution >= 4 is 11.8 Å². The SMILES string of the molecule is CC(C)C(=O)N[C@H](Cc1cccc(C(F)(F)F)c1)C(N)=O. The van der Waals surface area contributed by atoms with Crippen LogP contribution in [-0.4, -0.2) is 17.9 Å². The molecule has 21 heavy (non-hydrogen) atoms.